The molecule has 0 aliphatic carbocycles. The van der Waals surface area contributed by atoms with E-state index in [1.54, 1.807) is 0 Å². The monoisotopic (exact) mass is 266 g/mol. The Bertz CT molecular complexity index is 432. The van der Waals surface area contributed by atoms with Crippen LogP contribution in [0.5, 0.6) is 0 Å². The van der Waals surface area contributed by atoms with E-state index in [-0.39, 0.29) is 6.54 Å². The molecule has 1 aromatic rings. The van der Waals surface area contributed by atoms with Crippen LogP contribution in [0.2, 0.25) is 0 Å². The molecule has 0 radical (unpaired) electrons. The van der Waals surface area contributed by atoms with Crippen LogP contribution in [0.15, 0.2) is 30.3 Å². The first-order valence-electron chi connectivity index (χ1n) is 5.93. The summed E-state index contributed by atoms with van der Waals surface area (Å²) in [6.45, 7) is 1.21. The molecule has 4 N–H and O–H groups in total. The van der Waals surface area contributed by atoms with Crippen LogP contribution < -0.4 is 10.6 Å². The Balaban J connectivity index is 2.24. The fraction of sp³-hybridized carbons (Fsp3) is 0.385. The van der Waals surface area contributed by atoms with Gasteiger partial charge in [0.25, 0.3) is 0 Å². The van der Waals surface area contributed by atoms with Gasteiger partial charge in [0, 0.05) is 6.54 Å². The fourth-order valence-electron chi connectivity index (χ4n) is 1.36. The summed E-state index contributed by atoms with van der Waals surface area (Å²) in [5.41, 5.74) is -0.864. The summed E-state index contributed by atoms with van der Waals surface area (Å²) in [5.74, 6) is -1.38. The molecule has 1 rings (SSSR count). The van der Waals surface area contributed by atoms with E-state index >= 15 is 0 Å². The van der Waals surface area contributed by atoms with E-state index < -0.39 is 17.6 Å². The summed E-state index contributed by atoms with van der Waals surface area (Å²) in [4.78, 5) is 22.0. The van der Waals surface area contributed by atoms with Gasteiger partial charge in [0.1, 0.15) is 0 Å². The minimum Gasteiger partial charge on any atom is -0.479 e. The molecule has 1 unspecified atom stereocenters. The second-order valence-electron chi connectivity index (χ2n) is 4.42. The molecule has 0 saturated heterocycles. The number of carboxylic acids is 1. The minimum absolute atomic E-state index is 0.348. The molecular formula is C13H18N2O4. The van der Waals surface area contributed by atoms with Gasteiger partial charge in [-0.1, -0.05) is 30.3 Å². The summed E-state index contributed by atoms with van der Waals surface area (Å²) in [5, 5.41) is 23.0. The lowest BCUT2D eigenvalue weighted by molar-refractivity contribution is -0.155. The number of amides is 2. The SMILES string of the molecule is CC(O)(CNC(=O)NCCc1ccccc1)C(=O)O. The van der Waals surface area contributed by atoms with Crippen molar-refractivity contribution in [1.29, 1.82) is 0 Å². The highest BCUT2D eigenvalue weighted by atomic mass is 16.4. The summed E-state index contributed by atoms with van der Waals surface area (Å²) < 4.78 is 0. The fourth-order valence-corrected chi connectivity index (χ4v) is 1.36. The number of benzene rings is 1. The Morgan fingerprint density at radius 1 is 1.21 bits per heavy atom. The van der Waals surface area contributed by atoms with Crippen molar-refractivity contribution in [2.24, 2.45) is 0 Å². The maximum Gasteiger partial charge on any atom is 0.337 e. The van der Waals surface area contributed by atoms with Crippen molar-refractivity contribution < 1.29 is 19.8 Å². The predicted octanol–water partition coefficient (Wildman–Crippen LogP) is 0.364. The van der Waals surface area contributed by atoms with Crippen molar-refractivity contribution in [3.63, 3.8) is 0 Å². The van der Waals surface area contributed by atoms with Crippen LogP contribution in [0.25, 0.3) is 0 Å². The number of carboxylic acid groups (broad SMARTS) is 1. The van der Waals surface area contributed by atoms with Crippen molar-refractivity contribution in [3.05, 3.63) is 35.9 Å². The average Bonchev–Trinajstić information content (AvgIpc) is 2.37. The van der Waals surface area contributed by atoms with Gasteiger partial charge >= 0.3 is 12.0 Å². The second-order valence-corrected chi connectivity index (χ2v) is 4.42. The lowest BCUT2D eigenvalue weighted by atomic mass is 10.1. The lowest BCUT2D eigenvalue weighted by Crippen LogP contribution is -2.49. The second kappa shape index (κ2) is 6.75. The standard InChI is InChI=1S/C13H18N2O4/c1-13(19,11(16)17)9-15-12(18)14-8-7-10-5-3-2-4-6-10/h2-6,19H,7-9H2,1H3,(H,16,17)(H2,14,15,18). The Kier molecular flexibility index (Phi) is 5.32. The highest BCUT2D eigenvalue weighted by Gasteiger charge is 2.30. The van der Waals surface area contributed by atoms with E-state index in [0.29, 0.717) is 13.0 Å². The first-order chi connectivity index (χ1) is 8.92. The molecule has 0 aliphatic rings. The van der Waals surface area contributed by atoms with Gasteiger partial charge in [0.15, 0.2) is 5.60 Å². The zero-order valence-corrected chi connectivity index (χ0v) is 10.7. The summed E-state index contributed by atoms with van der Waals surface area (Å²) >= 11 is 0. The van der Waals surface area contributed by atoms with Crippen molar-refractivity contribution in [1.82, 2.24) is 10.6 Å². The van der Waals surface area contributed by atoms with Crippen LogP contribution in [0.1, 0.15) is 12.5 Å². The molecule has 0 fully saturated rings. The van der Waals surface area contributed by atoms with Crippen molar-refractivity contribution >= 4 is 12.0 Å². The first kappa shape index (κ1) is 15.0. The molecule has 0 saturated carbocycles. The maximum absolute atomic E-state index is 11.4. The number of hydrogen-bond donors (Lipinski definition) is 4. The molecule has 6 heteroatoms. The highest BCUT2D eigenvalue weighted by Crippen LogP contribution is 2.00. The Hall–Kier alpha value is -2.08. The van der Waals surface area contributed by atoms with E-state index in [4.69, 9.17) is 5.11 Å². The number of carbonyl (C=O) groups excluding carboxylic acids is 1. The number of rotatable bonds is 6. The molecule has 104 valence electrons. The van der Waals surface area contributed by atoms with Crippen LogP contribution in [-0.2, 0) is 11.2 Å². The zero-order valence-electron chi connectivity index (χ0n) is 10.7. The van der Waals surface area contributed by atoms with Crippen LogP contribution in [-0.4, -0.2) is 40.9 Å². The zero-order chi connectivity index (χ0) is 14.3. The third kappa shape index (κ3) is 5.39. The van der Waals surface area contributed by atoms with E-state index in [9.17, 15) is 14.7 Å². The van der Waals surface area contributed by atoms with Crippen LogP contribution in [0.4, 0.5) is 4.79 Å². The lowest BCUT2D eigenvalue weighted by Gasteiger charge is -2.18. The number of urea groups is 1. The van der Waals surface area contributed by atoms with Crippen molar-refractivity contribution in [3.8, 4) is 0 Å². The molecule has 6 nitrogen and oxygen atoms in total. The van der Waals surface area contributed by atoms with E-state index in [1.165, 1.54) is 0 Å². The highest BCUT2D eigenvalue weighted by molar-refractivity contribution is 5.79. The summed E-state index contributed by atoms with van der Waals surface area (Å²) in [6.07, 6.45) is 0.684. The van der Waals surface area contributed by atoms with Crippen molar-refractivity contribution in [2.75, 3.05) is 13.1 Å². The minimum atomic E-state index is -1.96. The smallest absolute Gasteiger partial charge is 0.337 e. The molecule has 2 amide bonds. The van der Waals surface area contributed by atoms with Gasteiger partial charge in [-0.15, -0.1) is 0 Å². The molecule has 0 aromatic heterocycles. The predicted molar refractivity (Wildman–Crippen MR) is 69.8 cm³/mol. The molecular weight excluding hydrogens is 248 g/mol. The van der Waals surface area contributed by atoms with Gasteiger partial charge in [0.05, 0.1) is 6.54 Å². The van der Waals surface area contributed by atoms with Gasteiger partial charge < -0.3 is 20.8 Å². The van der Waals surface area contributed by atoms with Gasteiger partial charge in [0.2, 0.25) is 0 Å². The van der Waals surface area contributed by atoms with Gasteiger partial charge in [-0.05, 0) is 18.9 Å². The van der Waals surface area contributed by atoms with Gasteiger partial charge in [-0.3, -0.25) is 0 Å². The van der Waals surface area contributed by atoms with Crippen molar-refractivity contribution in [2.45, 2.75) is 18.9 Å². The maximum atomic E-state index is 11.4. The third-order valence-corrected chi connectivity index (χ3v) is 2.60. The Labute approximate surface area is 111 Å². The molecule has 0 heterocycles. The number of carbonyl (C=O) groups is 2. The number of aliphatic hydroxyl groups is 1. The van der Waals surface area contributed by atoms with Crippen LogP contribution in [0.3, 0.4) is 0 Å². The van der Waals surface area contributed by atoms with E-state index in [0.717, 1.165) is 12.5 Å². The van der Waals surface area contributed by atoms with E-state index in [2.05, 4.69) is 10.6 Å². The Morgan fingerprint density at radius 3 is 2.42 bits per heavy atom. The van der Waals surface area contributed by atoms with E-state index in [1.807, 2.05) is 30.3 Å². The molecule has 1 aromatic carbocycles. The largest absolute Gasteiger partial charge is 0.479 e. The quantitative estimate of drug-likeness (QED) is 0.597. The third-order valence-electron chi connectivity index (χ3n) is 2.60. The summed E-state index contributed by atoms with van der Waals surface area (Å²) in [6, 6.07) is 9.15. The molecule has 1 atom stereocenters. The number of aliphatic carboxylic acids is 1. The van der Waals surface area contributed by atoms with Gasteiger partial charge in [-0.2, -0.15) is 0 Å². The number of nitrogens with one attached hydrogen (secondary N) is 2. The first-order valence-corrected chi connectivity index (χ1v) is 5.93. The topological polar surface area (TPSA) is 98.7 Å². The average molecular weight is 266 g/mol. The van der Waals surface area contributed by atoms with Gasteiger partial charge in [-0.25, -0.2) is 9.59 Å². The Morgan fingerprint density at radius 2 is 1.84 bits per heavy atom. The molecule has 0 aliphatic heterocycles. The molecule has 0 bridgehead atoms. The van der Waals surface area contributed by atoms with Crippen LogP contribution >= 0.6 is 0 Å². The van der Waals surface area contributed by atoms with Crippen LogP contribution in [0, 0.1) is 0 Å². The molecule has 0 spiro atoms. The molecule has 19 heavy (non-hydrogen) atoms. The number of hydrogen-bond acceptors (Lipinski definition) is 3. The summed E-state index contributed by atoms with van der Waals surface area (Å²) in [7, 11) is 0. The normalized spacial score (nSPS) is 13.4.